The molecule has 190 valence electrons. The summed E-state index contributed by atoms with van der Waals surface area (Å²) in [6.07, 6.45) is 14.6. The van der Waals surface area contributed by atoms with E-state index >= 15 is 0 Å². The number of allylic oxidation sites excluding steroid dienone is 3. The fourth-order valence-electron chi connectivity index (χ4n) is 6.96. The van der Waals surface area contributed by atoms with Crippen LogP contribution in [0.15, 0.2) is 23.3 Å². The molecular weight excluding hydrogens is 438 g/mol. The van der Waals surface area contributed by atoms with Crippen molar-refractivity contribution in [1.82, 2.24) is 4.72 Å². The van der Waals surface area contributed by atoms with Crippen LogP contribution in [-0.4, -0.2) is 54.8 Å². The number of fused-ring (bicyclic) bond motifs is 1. The maximum Gasteiger partial charge on any atom is 0.213 e. The Hall–Kier alpha value is -0.730. The van der Waals surface area contributed by atoms with Gasteiger partial charge >= 0.3 is 0 Å². The van der Waals surface area contributed by atoms with Gasteiger partial charge < -0.3 is 15.3 Å². The van der Waals surface area contributed by atoms with Gasteiger partial charge in [0.15, 0.2) is 0 Å². The second-order valence-electron chi connectivity index (χ2n) is 11.0. The molecule has 6 atom stereocenters. The largest absolute Gasteiger partial charge is 0.395 e. The van der Waals surface area contributed by atoms with E-state index in [4.69, 9.17) is 5.11 Å². The van der Waals surface area contributed by atoms with Crippen LogP contribution >= 0.6 is 0 Å². The fraction of sp³-hybridized carbons (Fsp3) is 0.846. The Morgan fingerprint density at radius 2 is 1.88 bits per heavy atom. The lowest BCUT2D eigenvalue weighted by Crippen LogP contribution is -2.36. The molecule has 0 aromatic carbocycles. The molecule has 0 aromatic heterocycles. The zero-order chi connectivity index (χ0) is 24.1. The molecule has 0 unspecified atom stereocenters. The monoisotopic (exact) mass is 483 g/mol. The van der Waals surface area contributed by atoms with E-state index in [2.05, 4.69) is 30.7 Å². The first-order valence-electron chi connectivity index (χ1n) is 13.0. The third-order valence-electron chi connectivity index (χ3n) is 8.57. The summed E-state index contributed by atoms with van der Waals surface area (Å²) in [6.45, 7) is 4.97. The highest BCUT2D eigenvalue weighted by molar-refractivity contribution is 7.89. The smallest absolute Gasteiger partial charge is 0.213 e. The molecule has 0 aromatic rings. The SMILES string of the molecule is C[C@H](CCCCNS(=O)(=O)CCO)[C@H]1CC[C@H]2/C(=C\C=C3C[C@@H](O)C[C@H](O)C3)CCC[C@]12C. The minimum absolute atomic E-state index is 0.223. The topological polar surface area (TPSA) is 107 Å². The van der Waals surface area contributed by atoms with Crippen molar-refractivity contribution in [3.05, 3.63) is 23.3 Å². The van der Waals surface area contributed by atoms with Crippen molar-refractivity contribution < 1.29 is 23.7 Å². The maximum absolute atomic E-state index is 11.6. The highest BCUT2D eigenvalue weighted by Crippen LogP contribution is 2.59. The van der Waals surface area contributed by atoms with Gasteiger partial charge in [0.2, 0.25) is 10.0 Å². The van der Waals surface area contributed by atoms with E-state index < -0.39 is 22.2 Å². The van der Waals surface area contributed by atoms with Crippen molar-refractivity contribution in [2.45, 2.75) is 96.7 Å². The van der Waals surface area contributed by atoms with Crippen LogP contribution in [0.1, 0.15) is 84.5 Å². The molecule has 0 spiro atoms. The van der Waals surface area contributed by atoms with Crippen LogP contribution in [0.25, 0.3) is 0 Å². The minimum atomic E-state index is -3.34. The molecule has 0 saturated heterocycles. The van der Waals surface area contributed by atoms with Crippen molar-refractivity contribution in [1.29, 1.82) is 0 Å². The number of hydrogen-bond donors (Lipinski definition) is 4. The molecular formula is C26H45NO5S. The lowest BCUT2D eigenvalue weighted by atomic mass is 9.60. The van der Waals surface area contributed by atoms with Gasteiger partial charge in [-0.2, -0.15) is 0 Å². The number of nitrogens with one attached hydrogen (secondary N) is 1. The molecule has 3 saturated carbocycles. The number of sulfonamides is 1. The van der Waals surface area contributed by atoms with E-state index in [1.54, 1.807) is 5.57 Å². The van der Waals surface area contributed by atoms with Crippen LogP contribution in [0.3, 0.4) is 0 Å². The summed E-state index contributed by atoms with van der Waals surface area (Å²) in [5, 5.41) is 28.8. The van der Waals surface area contributed by atoms with Gasteiger partial charge in [0.05, 0.1) is 24.6 Å². The van der Waals surface area contributed by atoms with E-state index in [1.165, 1.54) is 31.3 Å². The highest BCUT2D eigenvalue weighted by atomic mass is 32.2. The second-order valence-corrected chi connectivity index (χ2v) is 13.0. The second kappa shape index (κ2) is 11.8. The summed E-state index contributed by atoms with van der Waals surface area (Å²) >= 11 is 0. The predicted molar refractivity (Wildman–Crippen MR) is 132 cm³/mol. The average molecular weight is 484 g/mol. The van der Waals surface area contributed by atoms with Crippen LogP contribution in [0.4, 0.5) is 0 Å². The van der Waals surface area contributed by atoms with Crippen LogP contribution in [0.2, 0.25) is 0 Å². The van der Waals surface area contributed by atoms with Gasteiger partial charge in [0.1, 0.15) is 0 Å². The predicted octanol–water partition coefficient (Wildman–Crippen LogP) is 3.68. The van der Waals surface area contributed by atoms with Crippen molar-refractivity contribution in [2.75, 3.05) is 18.9 Å². The van der Waals surface area contributed by atoms with Gasteiger partial charge in [-0.15, -0.1) is 0 Å². The molecule has 0 heterocycles. The lowest BCUT2D eigenvalue weighted by molar-refractivity contribution is 0.0609. The Balaban J connectivity index is 1.54. The summed E-state index contributed by atoms with van der Waals surface area (Å²) in [4.78, 5) is 0. The Morgan fingerprint density at radius 1 is 1.15 bits per heavy atom. The first-order valence-corrected chi connectivity index (χ1v) is 14.6. The molecule has 3 rings (SSSR count). The molecule has 0 aliphatic heterocycles. The molecule has 6 nitrogen and oxygen atoms in total. The first kappa shape index (κ1) is 26.9. The minimum Gasteiger partial charge on any atom is -0.395 e. The van der Waals surface area contributed by atoms with Crippen LogP contribution in [0.5, 0.6) is 0 Å². The van der Waals surface area contributed by atoms with Crippen molar-refractivity contribution in [3.63, 3.8) is 0 Å². The van der Waals surface area contributed by atoms with Crippen molar-refractivity contribution >= 4 is 10.0 Å². The van der Waals surface area contributed by atoms with Crippen LogP contribution in [-0.2, 0) is 10.0 Å². The number of aliphatic hydroxyl groups excluding tert-OH is 3. The Morgan fingerprint density at radius 3 is 2.58 bits per heavy atom. The maximum atomic E-state index is 11.6. The van der Waals surface area contributed by atoms with Crippen LogP contribution < -0.4 is 4.72 Å². The van der Waals surface area contributed by atoms with Crippen molar-refractivity contribution in [2.24, 2.45) is 23.2 Å². The molecule has 3 fully saturated rings. The summed E-state index contributed by atoms with van der Waals surface area (Å²) in [5.41, 5.74) is 3.05. The highest BCUT2D eigenvalue weighted by Gasteiger charge is 2.50. The number of rotatable bonds is 10. The molecule has 0 bridgehead atoms. The number of hydrogen-bond acceptors (Lipinski definition) is 5. The van der Waals surface area contributed by atoms with Gasteiger partial charge in [0.25, 0.3) is 0 Å². The van der Waals surface area contributed by atoms with Gasteiger partial charge in [-0.3, -0.25) is 0 Å². The summed E-state index contributed by atoms with van der Waals surface area (Å²) in [7, 11) is -3.34. The number of unbranched alkanes of at least 4 members (excludes halogenated alkanes) is 1. The standard InChI is InChI=1S/C26H45NO5S/c1-19(6-3-4-13-27-33(31,32)15-14-28)24-10-11-25-21(7-5-12-26(24,25)2)9-8-20-16-22(29)18-23(30)17-20/h8-9,19,22-25,27-30H,3-7,10-18H2,1-2H3/b21-9-/t19-,22-,23-,24-,25+,26-/m1/s1. The van der Waals surface area contributed by atoms with Gasteiger partial charge in [0, 0.05) is 6.54 Å². The third-order valence-corrected chi connectivity index (χ3v) is 9.93. The first-order chi connectivity index (χ1) is 15.6. The third kappa shape index (κ3) is 7.14. The van der Waals surface area contributed by atoms with Gasteiger partial charge in [-0.25, -0.2) is 13.1 Å². The molecule has 7 heteroatoms. The Labute approximate surface area is 200 Å². The normalized spacial score (nSPS) is 34.9. The van der Waals surface area contributed by atoms with E-state index in [0.29, 0.717) is 49.0 Å². The van der Waals surface area contributed by atoms with E-state index in [1.807, 2.05) is 0 Å². The zero-order valence-electron chi connectivity index (χ0n) is 20.5. The van der Waals surface area contributed by atoms with Crippen LogP contribution in [0, 0.1) is 23.2 Å². The van der Waals surface area contributed by atoms with Gasteiger partial charge in [-0.1, -0.05) is 50.0 Å². The lowest BCUT2D eigenvalue weighted by Gasteiger charge is -2.44. The quantitative estimate of drug-likeness (QED) is 0.355. The molecule has 3 aliphatic carbocycles. The molecule has 0 amide bonds. The zero-order valence-corrected chi connectivity index (χ0v) is 21.3. The Kier molecular flexibility index (Phi) is 9.61. The fourth-order valence-corrected chi connectivity index (χ4v) is 7.80. The summed E-state index contributed by atoms with van der Waals surface area (Å²) in [6, 6.07) is 0. The molecule has 4 N–H and O–H groups in total. The summed E-state index contributed by atoms with van der Waals surface area (Å²) < 4.78 is 25.9. The average Bonchev–Trinajstić information content (AvgIpc) is 3.08. The molecule has 3 aliphatic rings. The van der Waals surface area contributed by atoms with Crippen molar-refractivity contribution in [3.8, 4) is 0 Å². The van der Waals surface area contributed by atoms with E-state index in [-0.39, 0.29) is 12.4 Å². The van der Waals surface area contributed by atoms with E-state index in [0.717, 1.165) is 25.7 Å². The number of aliphatic hydroxyl groups is 3. The summed E-state index contributed by atoms with van der Waals surface area (Å²) in [5.74, 6) is 1.72. The van der Waals surface area contributed by atoms with Gasteiger partial charge in [-0.05, 0) is 81.0 Å². The van der Waals surface area contributed by atoms with E-state index in [9.17, 15) is 18.6 Å². The molecule has 33 heavy (non-hydrogen) atoms. The molecule has 0 radical (unpaired) electrons. The Bertz CT molecular complexity index is 795.